The SMILES string of the molecule is COCCNC(=O)C(C)Sc1nccnc1N. The first kappa shape index (κ1) is 13.7. The molecular formula is C10H16N4O2S. The summed E-state index contributed by atoms with van der Waals surface area (Å²) in [6.45, 7) is 2.79. The third-order valence-corrected chi connectivity index (χ3v) is 3.06. The monoisotopic (exact) mass is 256 g/mol. The van der Waals surface area contributed by atoms with E-state index in [2.05, 4.69) is 15.3 Å². The molecule has 94 valence electrons. The second kappa shape index (κ2) is 7.08. The van der Waals surface area contributed by atoms with Crippen LogP contribution < -0.4 is 11.1 Å². The average Bonchev–Trinajstić information content (AvgIpc) is 2.32. The lowest BCUT2D eigenvalue weighted by atomic mass is 10.4. The topological polar surface area (TPSA) is 90.1 Å². The summed E-state index contributed by atoms with van der Waals surface area (Å²) in [7, 11) is 1.59. The van der Waals surface area contributed by atoms with Crippen LogP contribution >= 0.6 is 11.8 Å². The van der Waals surface area contributed by atoms with Gasteiger partial charge in [0.1, 0.15) is 5.03 Å². The van der Waals surface area contributed by atoms with E-state index in [4.69, 9.17) is 10.5 Å². The van der Waals surface area contributed by atoms with Gasteiger partial charge in [-0.3, -0.25) is 4.79 Å². The zero-order valence-electron chi connectivity index (χ0n) is 9.84. The highest BCUT2D eigenvalue weighted by Gasteiger charge is 2.16. The van der Waals surface area contributed by atoms with E-state index in [1.165, 1.54) is 18.0 Å². The molecule has 1 aromatic heterocycles. The minimum absolute atomic E-state index is 0.0721. The van der Waals surface area contributed by atoms with Gasteiger partial charge in [0.15, 0.2) is 5.82 Å². The highest BCUT2D eigenvalue weighted by molar-refractivity contribution is 8.00. The number of anilines is 1. The molecule has 1 unspecified atom stereocenters. The first-order valence-corrected chi connectivity index (χ1v) is 6.03. The molecule has 6 nitrogen and oxygen atoms in total. The van der Waals surface area contributed by atoms with Crippen molar-refractivity contribution in [1.82, 2.24) is 15.3 Å². The van der Waals surface area contributed by atoms with Crippen molar-refractivity contribution in [1.29, 1.82) is 0 Å². The molecule has 1 amide bonds. The molecule has 0 saturated heterocycles. The van der Waals surface area contributed by atoms with Crippen LogP contribution in [-0.4, -0.2) is 41.4 Å². The Bertz CT molecular complexity index is 375. The number of carbonyl (C=O) groups excluding carboxylic acids is 1. The molecular weight excluding hydrogens is 240 g/mol. The van der Waals surface area contributed by atoms with Gasteiger partial charge in [-0.2, -0.15) is 0 Å². The number of nitrogens with two attached hydrogens (primary N) is 1. The number of hydrogen-bond donors (Lipinski definition) is 2. The quantitative estimate of drug-likeness (QED) is 0.562. The van der Waals surface area contributed by atoms with E-state index in [-0.39, 0.29) is 11.2 Å². The van der Waals surface area contributed by atoms with E-state index >= 15 is 0 Å². The van der Waals surface area contributed by atoms with Crippen LogP contribution in [-0.2, 0) is 9.53 Å². The lowest BCUT2D eigenvalue weighted by molar-refractivity contribution is -0.120. The van der Waals surface area contributed by atoms with Crippen molar-refractivity contribution in [2.75, 3.05) is 26.0 Å². The highest BCUT2D eigenvalue weighted by atomic mass is 32.2. The summed E-state index contributed by atoms with van der Waals surface area (Å²) in [4.78, 5) is 19.6. The van der Waals surface area contributed by atoms with Crippen LogP contribution in [0.4, 0.5) is 5.82 Å². The second-order valence-electron chi connectivity index (χ2n) is 3.29. The van der Waals surface area contributed by atoms with Crippen molar-refractivity contribution < 1.29 is 9.53 Å². The molecule has 17 heavy (non-hydrogen) atoms. The van der Waals surface area contributed by atoms with Crippen LogP contribution in [0.5, 0.6) is 0 Å². The maximum absolute atomic E-state index is 11.7. The fourth-order valence-corrected chi connectivity index (χ4v) is 1.89. The van der Waals surface area contributed by atoms with Crippen LogP contribution in [0.15, 0.2) is 17.4 Å². The minimum atomic E-state index is -0.272. The fraction of sp³-hybridized carbons (Fsp3) is 0.500. The second-order valence-corrected chi connectivity index (χ2v) is 4.62. The number of nitrogens with zero attached hydrogens (tertiary/aromatic N) is 2. The molecule has 7 heteroatoms. The molecule has 1 heterocycles. The molecule has 0 aromatic carbocycles. The van der Waals surface area contributed by atoms with Crippen molar-refractivity contribution in [2.45, 2.75) is 17.2 Å². The largest absolute Gasteiger partial charge is 0.383 e. The molecule has 1 rings (SSSR count). The van der Waals surface area contributed by atoms with E-state index in [1.807, 2.05) is 0 Å². The number of ether oxygens (including phenoxy) is 1. The normalized spacial score (nSPS) is 12.1. The summed E-state index contributed by atoms with van der Waals surface area (Å²) in [6, 6.07) is 0. The van der Waals surface area contributed by atoms with Gasteiger partial charge < -0.3 is 15.8 Å². The van der Waals surface area contributed by atoms with Gasteiger partial charge in [-0.1, -0.05) is 11.8 Å². The third kappa shape index (κ3) is 4.58. The third-order valence-electron chi connectivity index (χ3n) is 1.95. The molecule has 0 saturated carbocycles. The molecule has 0 bridgehead atoms. The number of nitrogens with one attached hydrogen (secondary N) is 1. The van der Waals surface area contributed by atoms with Gasteiger partial charge in [0, 0.05) is 26.0 Å². The van der Waals surface area contributed by atoms with Gasteiger partial charge in [-0.05, 0) is 6.92 Å². The molecule has 0 spiro atoms. The maximum atomic E-state index is 11.7. The van der Waals surface area contributed by atoms with Crippen LogP contribution in [0.3, 0.4) is 0 Å². The minimum Gasteiger partial charge on any atom is -0.383 e. The molecule has 1 aromatic rings. The van der Waals surface area contributed by atoms with Crippen molar-refractivity contribution in [2.24, 2.45) is 0 Å². The number of hydrogen-bond acceptors (Lipinski definition) is 6. The number of thioether (sulfide) groups is 1. The number of methoxy groups -OCH3 is 1. The number of rotatable bonds is 6. The van der Waals surface area contributed by atoms with Crippen molar-refractivity contribution in [3.63, 3.8) is 0 Å². The van der Waals surface area contributed by atoms with Crippen molar-refractivity contribution >= 4 is 23.5 Å². The molecule has 0 radical (unpaired) electrons. The Morgan fingerprint density at radius 2 is 2.29 bits per heavy atom. The predicted octanol–water partition coefficient (Wildman–Crippen LogP) is 0.302. The van der Waals surface area contributed by atoms with Gasteiger partial charge >= 0.3 is 0 Å². The summed E-state index contributed by atoms with van der Waals surface area (Å²) in [5, 5.41) is 3.05. The van der Waals surface area contributed by atoms with Gasteiger partial charge in [0.2, 0.25) is 5.91 Å². The summed E-state index contributed by atoms with van der Waals surface area (Å²) in [5.41, 5.74) is 5.64. The standard InChI is InChI=1S/C10H16N4O2S/c1-7(9(15)13-5-6-16-2)17-10-8(11)12-3-4-14-10/h3-4,7H,5-6H2,1-2H3,(H2,11,12)(H,13,15). The van der Waals surface area contributed by atoms with Crippen molar-refractivity contribution in [3.05, 3.63) is 12.4 Å². The zero-order valence-corrected chi connectivity index (χ0v) is 10.7. The Balaban J connectivity index is 2.46. The summed E-state index contributed by atoms with van der Waals surface area (Å²) < 4.78 is 4.85. The van der Waals surface area contributed by atoms with Crippen LogP contribution in [0.25, 0.3) is 0 Å². The lowest BCUT2D eigenvalue weighted by Gasteiger charge is -2.11. The lowest BCUT2D eigenvalue weighted by Crippen LogP contribution is -2.33. The van der Waals surface area contributed by atoms with Gasteiger partial charge in [0.25, 0.3) is 0 Å². The first-order chi connectivity index (χ1) is 8.15. The summed E-state index contributed by atoms with van der Waals surface area (Å²) >= 11 is 1.28. The fourth-order valence-electron chi connectivity index (χ4n) is 1.07. The Morgan fingerprint density at radius 3 is 2.94 bits per heavy atom. The van der Waals surface area contributed by atoms with Crippen LogP contribution in [0.1, 0.15) is 6.92 Å². The number of aromatic nitrogens is 2. The first-order valence-electron chi connectivity index (χ1n) is 5.15. The molecule has 1 atom stereocenters. The van der Waals surface area contributed by atoms with Gasteiger partial charge in [-0.25, -0.2) is 9.97 Å². The predicted molar refractivity (Wildman–Crippen MR) is 66.6 cm³/mol. The summed E-state index contributed by atoms with van der Waals surface area (Å²) in [6.07, 6.45) is 3.07. The van der Waals surface area contributed by atoms with E-state index in [9.17, 15) is 4.79 Å². The maximum Gasteiger partial charge on any atom is 0.233 e. The van der Waals surface area contributed by atoms with E-state index in [0.29, 0.717) is 24.0 Å². The highest BCUT2D eigenvalue weighted by Crippen LogP contribution is 2.24. The average molecular weight is 256 g/mol. The smallest absolute Gasteiger partial charge is 0.233 e. The Morgan fingerprint density at radius 1 is 1.59 bits per heavy atom. The molecule has 0 aliphatic rings. The Kier molecular flexibility index (Phi) is 5.71. The van der Waals surface area contributed by atoms with Gasteiger partial charge in [0.05, 0.1) is 11.9 Å². The summed E-state index contributed by atoms with van der Waals surface area (Å²) in [5.74, 6) is 0.270. The van der Waals surface area contributed by atoms with E-state index in [0.717, 1.165) is 0 Å². The molecule has 3 N–H and O–H groups in total. The van der Waals surface area contributed by atoms with Gasteiger partial charge in [-0.15, -0.1) is 0 Å². The molecule has 0 aliphatic heterocycles. The van der Waals surface area contributed by atoms with Crippen LogP contribution in [0.2, 0.25) is 0 Å². The number of amides is 1. The van der Waals surface area contributed by atoms with Crippen LogP contribution in [0, 0.1) is 0 Å². The van der Waals surface area contributed by atoms with E-state index in [1.54, 1.807) is 20.2 Å². The van der Waals surface area contributed by atoms with Crippen molar-refractivity contribution in [3.8, 4) is 0 Å². The molecule has 0 fully saturated rings. The number of carbonyl (C=O) groups is 1. The zero-order chi connectivity index (χ0) is 12.7. The molecule has 0 aliphatic carbocycles. The van der Waals surface area contributed by atoms with E-state index < -0.39 is 0 Å². The number of nitrogen functional groups attached to an aromatic ring is 1. The Hall–Kier alpha value is -1.34. The Labute approximate surface area is 104 Å².